The highest BCUT2D eigenvalue weighted by molar-refractivity contribution is 5.94. The molecule has 0 spiro atoms. The Kier molecular flexibility index (Phi) is 4.41. The lowest BCUT2D eigenvalue weighted by Gasteiger charge is -2.34. The molecule has 120 valence electrons. The predicted molar refractivity (Wildman–Crippen MR) is 81.3 cm³/mol. The van der Waals surface area contributed by atoms with E-state index in [1.165, 1.54) is 24.7 Å². The lowest BCUT2D eigenvalue weighted by atomic mass is 10.1. The summed E-state index contributed by atoms with van der Waals surface area (Å²) in [7, 11) is 0. The topological polar surface area (TPSA) is 53.8 Å². The van der Waals surface area contributed by atoms with Gasteiger partial charge in [0.05, 0.1) is 18.2 Å². The van der Waals surface area contributed by atoms with Crippen molar-refractivity contribution < 1.29 is 18.4 Å². The van der Waals surface area contributed by atoms with Crippen LogP contribution in [0.2, 0.25) is 0 Å². The molecule has 23 heavy (non-hydrogen) atoms. The van der Waals surface area contributed by atoms with Gasteiger partial charge >= 0.3 is 0 Å². The van der Waals surface area contributed by atoms with E-state index in [1.54, 1.807) is 28.0 Å². The summed E-state index contributed by atoms with van der Waals surface area (Å²) in [5, 5.41) is 0. The van der Waals surface area contributed by atoms with Crippen LogP contribution in [0.1, 0.15) is 15.9 Å². The summed E-state index contributed by atoms with van der Waals surface area (Å²) in [6.07, 6.45) is 3.06. The quantitative estimate of drug-likeness (QED) is 0.869. The number of carbonyl (C=O) groups excluding carboxylic acids is 2. The van der Waals surface area contributed by atoms with E-state index in [4.69, 9.17) is 4.42 Å². The number of hydrogen-bond acceptors (Lipinski definition) is 3. The first-order chi connectivity index (χ1) is 11.1. The molecule has 3 rings (SSSR count). The van der Waals surface area contributed by atoms with Crippen molar-refractivity contribution >= 4 is 11.8 Å². The number of carbonyl (C=O) groups is 2. The Labute approximate surface area is 133 Å². The summed E-state index contributed by atoms with van der Waals surface area (Å²) in [6.45, 7) is 1.94. The first-order valence-electron chi connectivity index (χ1n) is 7.47. The molecule has 1 aromatic heterocycles. The van der Waals surface area contributed by atoms with Gasteiger partial charge in [-0.3, -0.25) is 9.59 Å². The molecule has 2 heterocycles. The highest BCUT2D eigenvalue weighted by Crippen LogP contribution is 2.11. The number of benzene rings is 1. The molecule has 1 fully saturated rings. The van der Waals surface area contributed by atoms with E-state index in [0.29, 0.717) is 37.3 Å². The maximum Gasteiger partial charge on any atom is 0.257 e. The molecule has 0 atom stereocenters. The molecule has 6 heteroatoms. The van der Waals surface area contributed by atoms with Crippen molar-refractivity contribution in [3.63, 3.8) is 0 Å². The Balaban J connectivity index is 1.54. The second-order valence-corrected chi connectivity index (χ2v) is 5.49. The van der Waals surface area contributed by atoms with E-state index in [2.05, 4.69) is 0 Å². The van der Waals surface area contributed by atoms with Gasteiger partial charge in [-0.2, -0.15) is 0 Å². The summed E-state index contributed by atoms with van der Waals surface area (Å²) in [5.74, 6) is -0.479. The van der Waals surface area contributed by atoms with Crippen molar-refractivity contribution in [2.24, 2.45) is 0 Å². The van der Waals surface area contributed by atoms with Crippen LogP contribution in [-0.2, 0) is 11.2 Å². The molecule has 1 aromatic carbocycles. The van der Waals surface area contributed by atoms with Gasteiger partial charge in [0, 0.05) is 26.2 Å². The fourth-order valence-electron chi connectivity index (χ4n) is 2.66. The Bertz CT molecular complexity index is 692. The van der Waals surface area contributed by atoms with Gasteiger partial charge in [-0.25, -0.2) is 4.39 Å². The molecule has 2 amide bonds. The standard InChI is InChI=1S/C17H17FN2O3/c18-15-3-1-2-13(10-15)11-16(21)19-5-7-20(8-6-19)17(22)14-4-9-23-12-14/h1-4,9-10,12H,5-8,11H2. The second kappa shape index (κ2) is 6.64. The first-order valence-corrected chi connectivity index (χ1v) is 7.47. The molecule has 0 saturated carbocycles. The van der Waals surface area contributed by atoms with Crippen LogP contribution in [0.3, 0.4) is 0 Å². The minimum atomic E-state index is -0.342. The Morgan fingerprint density at radius 1 is 1.09 bits per heavy atom. The zero-order chi connectivity index (χ0) is 16.2. The Morgan fingerprint density at radius 2 is 1.83 bits per heavy atom. The van der Waals surface area contributed by atoms with Crippen LogP contribution in [0, 0.1) is 5.82 Å². The van der Waals surface area contributed by atoms with Gasteiger partial charge in [0.2, 0.25) is 5.91 Å². The van der Waals surface area contributed by atoms with Crippen LogP contribution < -0.4 is 0 Å². The zero-order valence-corrected chi connectivity index (χ0v) is 12.6. The SMILES string of the molecule is O=C(Cc1cccc(F)c1)N1CCN(C(=O)c2ccoc2)CC1. The summed E-state index contributed by atoms with van der Waals surface area (Å²) in [6, 6.07) is 7.69. The van der Waals surface area contributed by atoms with Crippen LogP contribution >= 0.6 is 0 Å². The lowest BCUT2D eigenvalue weighted by Crippen LogP contribution is -2.50. The minimum absolute atomic E-state index is 0.0500. The van der Waals surface area contributed by atoms with Crippen molar-refractivity contribution in [3.8, 4) is 0 Å². The average molecular weight is 316 g/mol. The van der Waals surface area contributed by atoms with Crippen molar-refractivity contribution in [1.82, 2.24) is 9.80 Å². The van der Waals surface area contributed by atoms with Crippen LogP contribution in [0.4, 0.5) is 4.39 Å². The number of rotatable bonds is 3. The fraction of sp³-hybridized carbons (Fsp3) is 0.294. The van der Waals surface area contributed by atoms with Gasteiger partial charge < -0.3 is 14.2 Å². The summed E-state index contributed by atoms with van der Waals surface area (Å²) >= 11 is 0. The van der Waals surface area contributed by atoms with E-state index in [1.807, 2.05) is 0 Å². The summed E-state index contributed by atoms with van der Waals surface area (Å²) < 4.78 is 18.1. The monoisotopic (exact) mass is 316 g/mol. The maximum atomic E-state index is 13.2. The number of nitrogens with zero attached hydrogens (tertiary/aromatic N) is 2. The third kappa shape index (κ3) is 3.59. The summed E-state index contributed by atoms with van der Waals surface area (Å²) in [4.78, 5) is 27.9. The van der Waals surface area contributed by atoms with Crippen LogP contribution in [0.15, 0.2) is 47.3 Å². The minimum Gasteiger partial charge on any atom is -0.472 e. The first kappa shape index (κ1) is 15.3. The van der Waals surface area contributed by atoms with Crippen LogP contribution in [0.25, 0.3) is 0 Å². The molecule has 0 radical (unpaired) electrons. The van der Waals surface area contributed by atoms with Gasteiger partial charge in [-0.15, -0.1) is 0 Å². The molecule has 0 N–H and O–H groups in total. The smallest absolute Gasteiger partial charge is 0.257 e. The van der Waals surface area contributed by atoms with E-state index >= 15 is 0 Å². The van der Waals surface area contributed by atoms with Crippen molar-refractivity contribution in [3.05, 3.63) is 59.8 Å². The van der Waals surface area contributed by atoms with Crippen molar-refractivity contribution in [2.45, 2.75) is 6.42 Å². The van der Waals surface area contributed by atoms with Crippen LogP contribution in [0.5, 0.6) is 0 Å². The molecule has 1 aliphatic rings. The van der Waals surface area contributed by atoms with Gasteiger partial charge in [0.1, 0.15) is 12.1 Å². The third-order valence-corrected chi connectivity index (χ3v) is 3.93. The molecule has 0 aliphatic carbocycles. The fourth-order valence-corrected chi connectivity index (χ4v) is 2.66. The molecule has 0 bridgehead atoms. The van der Waals surface area contributed by atoms with Crippen molar-refractivity contribution in [1.29, 1.82) is 0 Å². The van der Waals surface area contributed by atoms with Gasteiger partial charge in [0.15, 0.2) is 0 Å². The third-order valence-electron chi connectivity index (χ3n) is 3.93. The average Bonchev–Trinajstić information content (AvgIpc) is 3.09. The van der Waals surface area contributed by atoms with E-state index in [9.17, 15) is 14.0 Å². The molecular formula is C17H17FN2O3. The normalized spacial score (nSPS) is 14.8. The highest BCUT2D eigenvalue weighted by atomic mass is 19.1. The van der Waals surface area contributed by atoms with Gasteiger partial charge in [-0.05, 0) is 23.8 Å². The van der Waals surface area contributed by atoms with E-state index < -0.39 is 0 Å². The molecule has 1 aliphatic heterocycles. The van der Waals surface area contributed by atoms with E-state index in [-0.39, 0.29) is 24.1 Å². The lowest BCUT2D eigenvalue weighted by molar-refractivity contribution is -0.131. The zero-order valence-electron chi connectivity index (χ0n) is 12.6. The summed E-state index contributed by atoms with van der Waals surface area (Å²) in [5.41, 5.74) is 1.18. The molecule has 2 aromatic rings. The van der Waals surface area contributed by atoms with E-state index in [0.717, 1.165) is 0 Å². The van der Waals surface area contributed by atoms with Gasteiger partial charge in [-0.1, -0.05) is 12.1 Å². The number of amides is 2. The van der Waals surface area contributed by atoms with Crippen molar-refractivity contribution in [2.75, 3.05) is 26.2 Å². The number of piperazine rings is 1. The Hall–Kier alpha value is -2.63. The second-order valence-electron chi connectivity index (χ2n) is 5.49. The maximum absolute atomic E-state index is 13.2. The van der Waals surface area contributed by atoms with Crippen LogP contribution in [-0.4, -0.2) is 47.8 Å². The largest absolute Gasteiger partial charge is 0.472 e. The molecule has 1 saturated heterocycles. The predicted octanol–water partition coefficient (Wildman–Crippen LogP) is 1.95. The molecular weight excluding hydrogens is 299 g/mol. The molecule has 5 nitrogen and oxygen atoms in total. The molecule has 0 unspecified atom stereocenters. The number of hydrogen-bond donors (Lipinski definition) is 0. The highest BCUT2D eigenvalue weighted by Gasteiger charge is 2.25. The Morgan fingerprint density at radius 3 is 2.48 bits per heavy atom. The van der Waals surface area contributed by atoms with Gasteiger partial charge in [0.25, 0.3) is 5.91 Å². The number of furan rings is 1. The number of halogens is 1.